The molecule has 0 saturated heterocycles. The summed E-state index contributed by atoms with van der Waals surface area (Å²) < 4.78 is 0. The van der Waals surface area contributed by atoms with Crippen molar-refractivity contribution in [2.24, 2.45) is 0 Å². The third-order valence-electron chi connectivity index (χ3n) is 6.67. The highest BCUT2D eigenvalue weighted by molar-refractivity contribution is 5.63. The number of hydrogen-bond acceptors (Lipinski definition) is 5. The lowest BCUT2D eigenvalue weighted by atomic mass is 10.1. The molecule has 3 rings (SSSR count). The Hall–Kier alpha value is -3.18. The van der Waals surface area contributed by atoms with Gasteiger partial charge in [-0.3, -0.25) is 0 Å². The molecule has 0 saturated carbocycles. The number of aryl methyl sites for hydroxylation is 2. The summed E-state index contributed by atoms with van der Waals surface area (Å²) in [7, 11) is 0. The van der Waals surface area contributed by atoms with E-state index in [-0.39, 0.29) is 6.04 Å². The fourth-order valence-electron chi connectivity index (χ4n) is 4.49. The van der Waals surface area contributed by atoms with Crippen LogP contribution in [0.2, 0.25) is 0 Å². The van der Waals surface area contributed by atoms with Crippen molar-refractivity contribution < 1.29 is 0 Å². The van der Waals surface area contributed by atoms with Crippen LogP contribution in [0.3, 0.4) is 0 Å². The van der Waals surface area contributed by atoms with Crippen LogP contribution in [-0.2, 0) is 12.8 Å². The first-order chi connectivity index (χ1) is 17.5. The molecule has 1 unspecified atom stereocenters. The molecule has 0 fully saturated rings. The maximum atomic E-state index is 6.07. The number of benzene rings is 1. The second kappa shape index (κ2) is 14.4. The topological polar surface area (TPSA) is 67.1 Å². The fraction of sp³-hybridized carbons (Fsp3) is 0.419. The van der Waals surface area contributed by atoms with E-state index in [0.717, 1.165) is 86.4 Å². The summed E-state index contributed by atoms with van der Waals surface area (Å²) in [6.07, 6.45) is 8.30. The van der Waals surface area contributed by atoms with Gasteiger partial charge in [0, 0.05) is 30.0 Å². The maximum absolute atomic E-state index is 6.07. The van der Waals surface area contributed by atoms with Gasteiger partial charge in [-0.1, -0.05) is 62.4 Å². The van der Waals surface area contributed by atoms with Crippen molar-refractivity contribution in [2.75, 3.05) is 30.7 Å². The summed E-state index contributed by atoms with van der Waals surface area (Å²) in [4.78, 5) is 11.8. The van der Waals surface area contributed by atoms with Gasteiger partial charge in [0.2, 0.25) is 0 Å². The van der Waals surface area contributed by atoms with Crippen molar-refractivity contribution in [2.45, 2.75) is 65.3 Å². The largest absolute Gasteiger partial charge is 0.383 e. The van der Waals surface area contributed by atoms with E-state index in [1.54, 1.807) is 0 Å². The van der Waals surface area contributed by atoms with Gasteiger partial charge in [0.1, 0.15) is 11.6 Å². The molecule has 0 bridgehead atoms. The van der Waals surface area contributed by atoms with Crippen molar-refractivity contribution in [3.63, 3.8) is 0 Å². The smallest absolute Gasteiger partial charge is 0.126 e. The standard InChI is InChI=1S/C31H43N5/c1-5-20-36(21-11-10-14-28-17-15-25(6-2)31(32)34-28)22-19-29(24(3)4)35-30-18-16-27(23-33-30)26-12-8-7-9-13-26/h7-9,12-13,15-18,23,29H,3,5-6,10-11,14,19-22H2,1-2,4H3,(H2,32,34)(H,33,35). The molecule has 2 aromatic heterocycles. The number of pyridine rings is 2. The van der Waals surface area contributed by atoms with Gasteiger partial charge in [-0.05, 0) is 87.9 Å². The lowest BCUT2D eigenvalue weighted by Crippen LogP contribution is -2.32. The number of nitrogens with two attached hydrogens (primary N) is 1. The highest BCUT2D eigenvalue weighted by atomic mass is 15.1. The third-order valence-corrected chi connectivity index (χ3v) is 6.67. The molecule has 0 radical (unpaired) electrons. The highest BCUT2D eigenvalue weighted by Crippen LogP contribution is 2.20. The molecule has 1 aromatic carbocycles. The summed E-state index contributed by atoms with van der Waals surface area (Å²) >= 11 is 0. The summed E-state index contributed by atoms with van der Waals surface area (Å²) in [6.45, 7) is 14.0. The van der Waals surface area contributed by atoms with Gasteiger partial charge in [0.05, 0.1) is 0 Å². The highest BCUT2D eigenvalue weighted by Gasteiger charge is 2.13. The minimum atomic E-state index is 0.198. The van der Waals surface area contributed by atoms with E-state index >= 15 is 0 Å². The number of rotatable bonds is 15. The van der Waals surface area contributed by atoms with Crippen molar-refractivity contribution in [3.05, 3.63) is 84.2 Å². The number of anilines is 2. The van der Waals surface area contributed by atoms with Crippen LogP contribution in [0.25, 0.3) is 11.1 Å². The van der Waals surface area contributed by atoms with Gasteiger partial charge in [-0.15, -0.1) is 0 Å². The van der Waals surface area contributed by atoms with E-state index < -0.39 is 0 Å². The van der Waals surface area contributed by atoms with Crippen LogP contribution >= 0.6 is 0 Å². The average Bonchev–Trinajstić information content (AvgIpc) is 2.89. The first-order valence-electron chi connectivity index (χ1n) is 13.4. The van der Waals surface area contributed by atoms with Crippen LogP contribution in [0.5, 0.6) is 0 Å². The normalized spacial score (nSPS) is 12.0. The number of nitrogens with one attached hydrogen (secondary N) is 1. The van der Waals surface area contributed by atoms with Crippen LogP contribution in [-0.4, -0.2) is 40.5 Å². The number of nitrogen functional groups attached to an aromatic ring is 1. The molecule has 3 aromatic rings. The van der Waals surface area contributed by atoms with Crippen molar-refractivity contribution in [1.29, 1.82) is 0 Å². The minimum Gasteiger partial charge on any atom is -0.383 e. The Balaban J connectivity index is 1.48. The van der Waals surface area contributed by atoms with Crippen molar-refractivity contribution in [3.8, 4) is 11.1 Å². The predicted molar refractivity (Wildman–Crippen MR) is 154 cm³/mol. The molecule has 0 aliphatic carbocycles. The molecular weight excluding hydrogens is 442 g/mol. The van der Waals surface area contributed by atoms with Gasteiger partial charge < -0.3 is 16.0 Å². The first kappa shape index (κ1) is 27.4. The quantitative estimate of drug-likeness (QED) is 0.184. The second-order valence-electron chi connectivity index (χ2n) is 9.63. The Morgan fingerprint density at radius 2 is 1.78 bits per heavy atom. The molecule has 192 valence electrons. The van der Waals surface area contributed by atoms with Crippen LogP contribution in [0, 0.1) is 0 Å². The Kier molecular flexibility index (Phi) is 11.0. The number of unbranched alkanes of at least 4 members (excludes halogenated alkanes) is 1. The zero-order chi connectivity index (χ0) is 25.8. The molecule has 1 atom stereocenters. The molecular formula is C31H43N5. The van der Waals surface area contributed by atoms with E-state index in [2.05, 4.69) is 96.1 Å². The molecule has 5 heteroatoms. The Morgan fingerprint density at radius 1 is 0.972 bits per heavy atom. The zero-order valence-electron chi connectivity index (χ0n) is 22.3. The summed E-state index contributed by atoms with van der Waals surface area (Å²) in [5.74, 6) is 1.58. The van der Waals surface area contributed by atoms with Crippen LogP contribution in [0.4, 0.5) is 11.6 Å². The van der Waals surface area contributed by atoms with E-state index in [0.29, 0.717) is 5.82 Å². The number of nitrogens with zero attached hydrogens (tertiary/aromatic N) is 3. The zero-order valence-corrected chi connectivity index (χ0v) is 22.3. The monoisotopic (exact) mass is 485 g/mol. The van der Waals surface area contributed by atoms with E-state index in [4.69, 9.17) is 5.73 Å². The van der Waals surface area contributed by atoms with Gasteiger partial charge in [-0.2, -0.15) is 0 Å². The molecule has 0 aliphatic rings. The molecule has 5 nitrogen and oxygen atoms in total. The van der Waals surface area contributed by atoms with Crippen LogP contribution in [0.1, 0.15) is 57.7 Å². The molecule has 0 aliphatic heterocycles. The Bertz CT molecular complexity index is 1060. The molecule has 3 N–H and O–H groups in total. The van der Waals surface area contributed by atoms with Crippen molar-refractivity contribution in [1.82, 2.24) is 14.9 Å². The first-order valence-corrected chi connectivity index (χ1v) is 13.4. The molecule has 2 heterocycles. The summed E-state index contributed by atoms with van der Waals surface area (Å²) in [5.41, 5.74) is 11.8. The van der Waals surface area contributed by atoms with Gasteiger partial charge in [-0.25, -0.2) is 9.97 Å². The number of hydrogen-bond donors (Lipinski definition) is 2. The Labute approximate surface area is 217 Å². The molecule has 0 amide bonds. The predicted octanol–water partition coefficient (Wildman–Crippen LogP) is 6.77. The van der Waals surface area contributed by atoms with E-state index in [9.17, 15) is 0 Å². The summed E-state index contributed by atoms with van der Waals surface area (Å²) in [6, 6.07) is 19.0. The van der Waals surface area contributed by atoms with Gasteiger partial charge in [0.25, 0.3) is 0 Å². The van der Waals surface area contributed by atoms with Crippen LogP contribution < -0.4 is 11.1 Å². The van der Waals surface area contributed by atoms with E-state index in [1.165, 1.54) is 5.56 Å². The van der Waals surface area contributed by atoms with E-state index in [1.807, 2.05) is 12.3 Å². The average molecular weight is 486 g/mol. The summed E-state index contributed by atoms with van der Waals surface area (Å²) in [5, 5.41) is 3.60. The van der Waals surface area contributed by atoms with Crippen LogP contribution in [0.15, 0.2) is 72.9 Å². The SMILES string of the molecule is C=C(C)C(CCN(CCC)CCCCc1ccc(CC)c(N)n1)Nc1ccc(-c2ccccc2)cn1. The second-order valence-corrected chi connectivity index (χ2v) is 9.63. The lowest BCUT2D eigenvalue weighted by Gasteiger charge is -2.26. The van der Waals surface area contributed by atoms with Gasteiger partial charge in [0.15, 0.2) is 0 Å². The van der Waals surface area contributed by atoms with Gasteiger partial charge >= 0.3 is 0 Å². The Morgan fingerprint density at radius 3 is 2.42 bits per heavy atom. The minimum absolute atomic E-state index is 0.198. The lowest BCUT2D eigenvalue weighted by molar-refractivity contribution is 0.262. The molecule has 36 heavy (non-hydrogen) atoms. The maximum Gasteiger partial charge on any atom is 0.126 e. The third kappa shape index (κ3) is 8.49. The number of aromatic nitrogens is 2. The fourth-order valence-corrected chi connectivity index (χ4v) is 4.49. The van der Waals surface area contributed by atoms with Crippen molar-refractivity contribution >= 4 is 11.6 Å². The molecule has 0 spiro atoms.